The fraction of sp³-hybridized carbons (Fsp3) is 0.167. The largest absolute Gasteiger partial charge is 0.489 e. The summed E-state index contributed by atoms with van der Waals surface area (Å²) in [5, 5.41) is 0. The van der Waals surface area contributed by atoms with E-state index in [2.05, 4.69) is 12.1 Å². The first kappa shape index (κ1) is 12.7. The second kappa shape index (κ2) is 5.74. The molecule has 0 saturated heterocycles. The highest BCUT2D eigenvalue weighted by atomic mass is 16.5. The number of allylic oxidation sites excluding steroid dienone is 1. The van der Waals surface area contributed by atoms with Crippen LogP contribution >= 0.6 is 0 Å². The van der Waals surface area contributed by atoms with E-state index in [1.54, 1.807) is 6.08 Å². The lowest BCUT2D eigenvalue weighted by Crippen LogP contribution is -2.23. The van der Waals surface area contributed by atoms with Crippen molar-refractivity contribution in [2.45, 2.75) is 18.9 Å². The predicted molar refractivity (Wildman–Crippen MR) is 79.1 cm³/mol. The van der Waals surface area contributed by atoms with Crippen LogP contribution in [0, 0.1) is 0 Å². The number of hydrogen-bond donors (Lipinski definition) is 0. The molecule has 2 aromatic rings. The zero-order chi connectivity index (χ0) is 13.8. The number of ketones is 1. The van der Waals surface area contributed by atoms with Crippen LogP contribution in [0.3, 0.4) is 0 Å². The van der Waals surface area contributed by atoms with Crippen LogP contribution in [-0.2, 0) is 16.0 Å². The SMILES string of the molecule is O=C1C=C(c2ccccc2)OC(Cc2ccccc2)C1. The Balaban J connectivity index is 1.77. The highest BCUT2D eigenvalue weighted by molar-refractivity contribution is 5.97. The molecule has 1 aliphatic rings. The van der Waals surface area contributed by atoms with Crippen molar-refractivity contribution in [1.29, 1.82) is 0 Å². The molecule has 3 rings (SSSR count). The first-order valence-electron chi connectivity index (χ1n) is 6.82. The molecule has 2 aromatic carbocycles. The molecule has 1 unspecified atom stereocenters. The highest BCUT2D eigenvalue weighted by Gasteiger charge is 2.22. The number of carbonyl (C=O) groups is 1. The minimum absolute atomic E-state index is 0.0786. The summed E-state index contributed by atoms with van der Waals surface area (Å²) in [7, 11) is 0. The molecule has 0 spiro atoms. The lowest BCUT2D eigenvalue weighted by Gasteiger charge is -2.24. The van der Waals surface area contributed by atoms with Crippen LogP contribution < -0.4 is 0 Å². The lowest BCUT2D eigenvalue weighted by atomic mass is 10.00. The normalized spacial score (nSPS) is 18.3. The summed E-state index contributed by atoms with van der Waals surface area (Å²) in [5.74, 6) is 0.818. The van der Waals surface area contributed by atoms with Crippen LogP contribution in [0.5, 0.6) is 0 Å². The first-order valence-corrected chi connectivity index (χ1v) is 6.82. The third-order valence-electron chi connectivity index (χ3n) is 3.38. The van der Waals surface area contributed by atoms with E-state index >= 15 is 0 Å². The maximum atomic E-state index is 11.9. The molecule has 100 valence electrons. The number of ether oxygens (including phenoxy) is 1. The summed E-state index contributed by atoms with van der Waals surface area (Å²) in [4.78, 5) is 11.9. The van der Waals surface area contributed by atoms with Crippen LogP contribution in [0.2, 0.25) is 0 Å². The first-order chi connectivity index (χ1) is 9.81. The molecule has 0 aliphatic carbocycles. The van der Waals surface area contributed by atoms with Gasteiger partial charge in [-0.3, -0.25) is 4.79 Å². The highest BCUT2D eigenvalue weighted by Crippen LogP contribution is 2.25. The second-order valence-electron chi connectivity index (χ2n) is 4.97. The molecule has 0 bridgehead atoms. The Hall–Kier alpha value is -2.35. The minimum atomic E-state index is -0.0786. The van der Waals surface area contributed by atoms with Crippen LogP contribution in [0.15, 0.2) is 66.7 Å². The summed E-state index contributed by atoms with van der Waals surface area (Å²) < 4.78 is 5.99. The van der Waals surface area contributed by atoms with Crippen molar-refractivity contribution in [3.8, 4) is 0 Å². The Morgan fingerprint density at radius 3 is 2.30 bits per heavy atom. The van der Waals surface area contributed by atoms with Gasteiger partial charge in [-0.25, -0.2) is 0 Å². The summed E-state index contributed by atoms with van der Waals surface area (Å²) in [6.45, 7) is 0. The van der Waals surface area contributed by atoms with Crippen LogP contribution in [0.1, 0.15) is 17.5 Å². The fourth-order valence-electron chi connectivity index (χ4n) is 2.43. The van der Waals surface area contributed by atoms with E-state index in [0.29, 0.717) is 12.2 Å². The molecule has 0 aromatic heterocycles. The molecule has 20 heavy (non-hydrogen) atoms. The topological polar surface area (TPSA) is 26.3 Å². The van der Waals surface area contributed by atoms with Gasteiger partial charge in [-0.05, 0) is 5.56 Å². The summed E-state index contributed by atoms with van der Waals surface area (Å²) in [6.07, 6.45) is 2.74. The fourth-order valence-corrected chi connectivity index (χ4v) is 2.43. The smallest absolute Gasteiger partial charge is 0.163 e. The minimum Gasteiger partial charge on any atom is -0.489 e. The number of hydrogen-bond acceptors (Lipinski definition) is 2. The molecule has 1 heterocycles. The van der Waals surface area contributed by atoms with Gasteiger partial charge >= 0.3 is 0 Å². The second-order valence-corrected chi connectivity index (χ2v) is 4.97. The molecule has 2 heteroatoms. The van der Waals surface area contributed by atoms with Gasteiger partial charge in [0.15, 0.2) is 5.78 Å². The quantitative estimate of drug-likeness (QED) is 0.846. The molecule has 0 saturated carbocycles. The van der Waals surface area contributed by atoms with Crippen LogP contribution in [0.4, 0.5) is 0 Å². The summed E-state index contributed by atoms with van der Waals surface area (Å²) in [5.41, 5.74) is 2.15. The van der Waals surface area contributed by atoms with Crippen molar-refractivity contribution in [2.24, 2.45) is 0 Å². The van der Waals surface area contributed by atoms with E-state index in [0.717, 1.165) is 12.0 Å². The van der Waals surface area contributed by atoms with Crippen molar-refractivity contribution in [3.63, 3.8) is 0 Å². The number of carbonyl (C=O) groups excluding carboxylic acids is 1. The average Bonchev–Trinajstić information content (AvgIpc) is 2.49. The van der Waals surface area contributed by atoms with E-state index < -0.39 is 0 Å². The average molecular weight is 264 g/mol. The lowest BCUT2D eigenvalue weighted by molar-refractivity contribution is -0.117. The van der Waals surface area contributed by atoms with Crippen molar-refractivity contribution in [1.82, 2.24) is 0 Å². The van der Waals surface area contributed by atoms with E-state index in [1.165, 1.54) is 5.56 Å². The van der Waals surface area contributed by atoms with E-state index in [9.17, 15) is 4.79 Å². The molecule has 0 radical (unpaired) electrons. The van der Waals surface area contributed by atoms with Gasteiger partial charge in [-0.2, -0.15) is 0 Å². The van der Waals surface area contributed by atoms with Gasteiger partial charge in [0.2, 0.25) is 0 Å². The van der Waals surface area contributed by atoms with E-state index in [-0.39, 0.29) is 11.9 Å². The van der Waals surface area contributed by atoms with Gasteiger partial charge in [-0.1, -0.05) is 60.7 Å². The Kier molecular flexibility index (Phi) is 3.64. The van der Waals surface area contributed by atoms with E-state index in [1.807, 2.05) is 48.5 Å². The maximum absolute atomic E-state index is 11.9. The van der Waals surface area contributed by atoms with Crippen molar-refractivity contribution < 1.29 is 9.53 Å². The van der Waals surface area contributed by atoms with Gasteiger partial charge in [0.05, 0.1) is 0 Å². The monoisotopic (exact) mass is 264 g/mol. The van der Waals surface area contributed by atoms with Gasteiger partial charge in [-0.15, -0.1) is 0 Å². The Labute approximate surface area is 118 Å². The summed E-state index contributed by atoms with van der Waals surface area (Å²) >= 11 is 0. The molecule has 0 amide bonds. The molecule has 1 aliphatic heterocycles. The third-order valence-corrected chi connectivity index (χ3v) is 3.38. The molecule has 0 fully saturated rings. The van der Waals surface area contributed by atoms with Gasteiger partial charge in [0.1, 0.15) is 11.9 Å². The zero-order valence-electron chi connectivity index (χ0n) is 11.2. The Bertz CT molecular complexity index is 614. The van der Waals surface area contributed by atoms with Gasteiger partial charge < -0.3 is 4.74 Å². The predicted octanol–water partition coefficient (Wildman–Crippen LogP) is 3.63. The molecule has 2 nitrogen and oxygen atoms in total. The van der Waals surface area contributed by atoms with Crippen molar-refractivity contribution >= 4 is 11.5 Å². The van der Waals surface area contributed by atoms with Gasteiger partial charge in [0, 0.05) is 24.5 Å². The zero-order valence-corrected chi connectivity index (χ0v) is 11.2. The number of benzene rings is 2. The van der Waals surface area contributed by atoms with Crippen molar-refractivity contribution in [2.75, 3.05) is 0 Å². The molecule has 0 N–H and O–H groups in total. The van der Waals surface area contributed by atoms with E-state index in [4.69, 9.17) is 4.74 Å². The van der Waals surface area contributed by atoms with Crippen molar-refractivity contribution in [3.05, 3.63) is 77.9 Å². The molecular weight excluding hydrogens is 248 g/mol. The maximum Gasteiger partial charge on any atom is 0.163 e. The Morgan fingerprint density at radius 1 is 0.950 bits per heavy atom. The molecule has 1 atom stereocenters. The third kappa shape index (κ3) is 2.97. The molecular formula is C18H16O2. The van der Waals surface area contributed by atoms with Gasteiger partial charge in [0.25, 0.3) is 0 Å². The standard InChI is InChI=1S/C18H16O2/c19-16-12-17(11-14-7-3-1-4-8-14)20-18(13-16)15-9-5-2-6-10-15/h1-10,13,17H,11-12H2. The van der Waals surface area contributed by atoms with Crippen LogP contribution in [-0.4, -0.2) is 11.9 Å². The Morgan fingerprint density at radius 2 is 1.60 bits per heavy atom. The summed E-state index contributed by atoms with van der Waals surface area (Å²) in [6, 6.07) is 19.9. The number of rotatable bonds is 3. The van der Waals surface area contributed by atoms with Crippen LogP contribution in [0.25, 0.3) is 5.76 Å².